The number of hydrogen-bond acceptors (Lipinski definition) is 3. The van der Waals surface area contributed by atoms with Gasteiger partial charge in [0, 0.05) is 23.1 Å². The van der Waals surface area contributed by atoms with E-state index in [9.17, 15) is 9.18 Å². The maximum atomic E-state index is 14.7. The monoisotopic (exact) mass is 409 g/mol. The predicted molar refractivity (Wildman–Crippen MR) is 111 cm³/mol. The molecule has 0 N–H and O–H groups in total. The van der Waals surface area contributed by atoms with E-state index in [1.165, 1.54) is 17.0 Å². The summed E-state index contributed by atoms with van der Waals surface area (Å²) in [5, 5.41) is 0.700. The zero-order chi connectivity index (χ0) is 19.7. The second-order valence-electron chi connectivity index (χ2n) is 7.30. The average Bonchev–Trinajstić information content (AvgIpc) is 2.87. The van der Waals surface area contributed by atoms with Gasteiger partial charge in [0.15, 0.2) is 0 Å². The number of amides is 1. The summed E-state index contributed by atoms with van der Waals surface area (Å²) in [6.07, 6.45) is 3.47. The van der Waals surface area contributed by atoms with Gasteiger partial charge >= 0.3 is 0 Å². The maximum absolute atomic E-state index is 14.7. The largest absolute Gasteiger partial charge is 0.488 e. The Hall–Kier alpha value is -1.46. The number of benzene rings is 1. The summed E-state index contributed by atoms with van der Waals surface area (Å²) < 4.78 is 20.6. The summed E-state index contributed by atoms with van der Waals surface area (Å²) in [5.41, 5.74) is 2.46. The quantitative estimate of drug-likeness (QED) is 0.566. The Labute approximate surface area is 169 Å². The van der Waals surface area contributed by atoms with Gasteiger partial charge in [0.2, 0.25) is 0 Å². The van der Waals surface area contributed by atoms with Crippen molar-refractivity contribution in [3.05, 3.63) is 46.4 Å². The van der Waals surface area contributed by atoms with Crippen LogP contribution in [-0.4, -0.2) is 23.0 Å². The van der Waals surface area contributed by atoms with Gasteiger partial charge in [-0.25, -0.2) is 4.39 Å². The summed E-state index contributed by atoms with van der Waals surface area (Å²) in [5.74, 6) is 0.456. The van der Waals surface area contributed by atoms with Gasteiger partial charge in [-0.2, -0.15) is 11.8 Å². The van der Waals surface area contributed by atoms with Gasteiger partial charge in [0.05, 0.1) is 10.7 Å². The fourth-order valence-electron chi connectivity index (χ4n) is 3.47. The van der Waals surface area contributed by atoms with E-state index < -0.39 is 5.82 Å². The van der Waals surface area contributed by atoms with Gasteiger partial charge in [-0.15, -0.1) is 0 Å². The molecule has 2 aliphatic rings. The number of hydrogen-bond donors (Lipinski definition) is 0. The molecule has 3 nitrogen and oxygen atoms in total. The van der Waals surface area contributed by atoms with E-state index in [4.69, 9.17) is 16.3 Å². The zero-order valence-corrected chi connectivity index (χ0v) is 17.6. The number of allylic oxidation sites excluding steroid dienone is 1. The van der Waals surface area contributed by atoms with Crippen molar-refractivity contribution in [2.24, 2.45) is 0 Å². The predicted octanol–water partition coefficient (Wildman–Crippen LogP) is 6.12. The highest BCUT2D eigenvalue weighted by Crippen LogP contribution is 2.43. The van der Waals surface area contributed by atoms with Gasteiger partial charge in [-0.05, 0) is 49.5 Å². The second-order valence-corrected chi connectivity index (χ2v) is 9.31. The molecule has 1 aliphatic carbocycles. The minimum absolute atomic E-state index is 0.0861. The Bertz CT molecular complexity index is 778. The summed E-state index contributed by atoms with van der Waals surface area (Å²) in [7, 11) is 0. The van der Waals surface area contributed by atoms with Crippen LogP contribution >= 0.6 is 23.4 Å². The highest BCUT2D eigenvalue weighted by atomic mass is 35.5. The topological polar surface area (TPSA) is 29.5 Å². The third-order valence-electron chi connectivity index (χ3n) is 4.78. The Morgan fingerprint density at radius 1 is 1.26 bits per heavy atom. The van der Waals surface area contributed by atoms with Gasteiger partial charge < -0.3 is 4.74 Å². The molecule has 1 aromatic carbocycles. The molecule has 146 valence electrons. The first-order valence-corrected chi connectivity index (χ1v) is 10.7. The van der Waals surface area contributed by atoms with Crippen molar-refractivity contribution >= 4 is 35.0 Å². The summed E-state index contributed by atoms with van der Waals surface area (Å²) in [6, 6.07) is 2.74. The lowest BCUT2D eigenvalue weighted by Crippen LogP contribution is -2.26. The molecule has 1 heterocycles. The normalized spacial score (nSPS) is 18.4. The van der Waals surface area contributed by atoms with E-state index in [0.717, 1.165) is 42.6 Å². The number of halogens is 2. The Kier molecular flexibility index (Phi) is 6.21. The van der Waals surface area contributed by atoms with E-state index in [2.05, 4.69) is 20.4 Å². The first-order chi connectivity index (χ1) is 12.8. The molecule has 0 spiro atoms. The highest BCUT2D eigenvalue weighted by molar-refractivity contribution is 7.99. The van der Waals surface area contributed by atoms with Crippen LogP contribution in [0.3, 0.4) is 0 Å². The van der Waals surface area contributed by atoms with Crippen LogP contribution in [0.15, 0.2) is 35.6 Å². The molecule has 1 atom stereocenters. The maximum Gasteiger partial charge on any atom is 0.259 e. The molecule has 3 rings (SSSR count). The van der Waals surface area contributed by atoms with Crippen LogP contribution in [0.5, 0.6) is 5.75 Å². The van der Waals surface area contributed by atoms with Crippen LogP contribution in [0.2, 0.25) is 5.02 Å². The van der Waals surface area contributed by atoms with Crippen molar-refractivity contribution in [1.29, 1.82) is 0 Å². The Morgan fingerprint density at radius 2 is 1.93 bits per heavy atom. The first-order valence-electron chi connectivity index (χ1n) is 9.32. The number of nitrogens with zero attached hydrogens (tertiary/aromatic N) is 1. The van der Waals surface area contributed by atoms with Gasteiger partial charge in [-0.1, -0.05) is 32.0 Å². The molecule has 1 aliphatic heterocycles. The number of thioether (sulfide) groups is 1. The van der Waals surface area contributed by atoms with Crippen LogP contribution in [0.1, 0.15) is 46.5 Å². The minimum Gasteiger partial charge on any atom is -0.488 e. The summed E-state index contributed by atoms with van der Waals surface area (Å²) in [4.78, 5) is 14.2. The third kappa shape index (κ3) is 4.19. The van der Waals surface area contributed by atoms with Crippen molar-refractivity contribution in [2.45, 2.75) is 57.8 Å². The van der Waals surface area contributed by atoms with E-state index >= 15 is 0 Å². The van der Waals surface area contributed by atoms with Crippen molar-refractivity contribution in [3.63, 3.8) is 0 Å². The molecule has 1 amide bonds. The molecule has 6 heteroatoms. The van der Waals surface area contributed by atoms with Crippen LogP contribution in [0.25, 0.3) is 0 Å². The number of ether oxygens (including phenoxy) is 1. The third-order valence-corrected chi connectivity index (χ3v) is 6.41. The lowest BCUT2D eigenvalue weighted by Gasteiger charge is -2.22. The standard InChI is InChI=1S/C21H25ClFNO2S/c1-12(2)27-11-13(3)26-20-10-19(18(23)9-17(20)22)24-14(4)15-7-5-6-8-16(15)21(24)25/h9-10,12-13H,4-8,11H2,1-3H3. The molecule has 27 heavy (non-hydrogen) atoms. The second kappa shape index (κ2) is 8.27. The van der Waals surface area contributed by atoms with E-state index in [1.54, 1.807) is 11.8 Å². The first kappa shape index (κ1) is 20.3. The zero-order valence-electron chi connectivity index (χ0n) is 16.0. The van der Waals surface area contributed by atoms with E-state index in [0.29, 0.717) is 16.7 Å². The van der Waals surface area contributed by atoms with Crippen LogP contribution < -0.4 is 9.64 Å². The SMILES string of the molecule is C=C1C2=C(CCCC2)C(=O)N1c1cc(OC(C)CSC(C)C)c(Cl)cc1F. The van der Waals surface area contributed by atoms with Crippen molar-refractivity contribution in [2.75, 3.05) is 10.7 Å². The summed E-state index contributed by atoms with van der Waals surface area (Å²) in [6.45, 7) is 10.3. The molecule has 0 bridgehead atoms. The van der Waals surface area contributed by atoms with Gasteiger partial charge in [0.1, 0.15) is 17.7 Å². The lowest BCUT2D eigenvalue weighted by atomic mass is 9.93. The molecule has 0 aromatic heterocycles. The van der Waals surface area contributed by atoms with E-state index in [-0.39, 0.29) is 22.7 Å². The summed E-state index contributed by atoms with van der Waals surface area (Å²) >= 11 is 7.99. The van der Waals surface area contributed by atoms with Gasteiger partial charge in [0.25, 0.3) is 5.91 Å². The number of carbonyl (C=O) groups is 1. The molecule has 0 fully saturated rings. The molecule has 0 saturated heterocycles. The molecule has 1 aromatic rings. The highest BCUT2D eigenvalue weighted by Gasteiger charge is 2.37. The Morgan fingerprint density at radius 3 is 2.56 bits per heavy atom. The van der Waals surface area contributed by atoms with Crippen LogP contribution in [0.4, 0.5) is 10.1 Å². The fraction of sp³-hybridized carbons (Fsp3) is 0.476. The molecular formula is C21H25ClFNO2S. The molecular weight excluding hydrogens is 385 g/mol. The van der Waals surface area contributed by atoms with Crippen LogP contribution in [-0.2, 0) is 4.79 Å². The van der Waals surface area contributed by atoms with Gasteiger partial charge in [-0.3, -0.25) is 9.69 Å². The van der Waals surface area contributed by atoms with Crippen molar-refractivity contribution in [3.8, 4) is 5.75 Å². The molecule has 0 saturated carbocycles. The van der Waals surface area contributed by atoms with E-state index in [1.807, 2.05) is 6.92 Å². The molecule has 1 unspecified atom stereocenters. The molecule has 0 radical (unpaired) electrons. The number of anilines is 1. The lowest BCUT2D eigenvalue weighted by molar-refractivity contribution is -0.114. The smallest absolute Gasteiger partial charge is 0.259 e. The van der Waals surface area contributed by atoms with Crippen molar-refractivity contribution < 1.29 is 13.9 Å². The average molecular weight is 410 g/mol. The Balaban J connectivity index is 1.86. The fourth-order valence-corrected chi connectivity index (χ4v) is 4.38. The van der Waals surface area contributed by atoms with Crippen molar-refractivity contribution in [1.82, 2.24) is 0 Å². The van der Waals surface area contributed by atoms with Crippen LogP contribution in [0, 0.1) is 5.82 Å². The number of carbonyl (C=O) groups excluding carboxylic acids is 1. The number of rotatable bonds is 6. The minimum atomic E-state index is -0.550.